The molecule has 1 fully saturated rings. The van der Waals surface area contributed by atoms with Gasteiger partial charge in [-0.05, 0) is 19.8 Å². The summed E-state index contributed by atoms with van der Waals surface area (Å²) in [5.74, 6) is 0.118. The molecular weight excluding hydrogens is 204 g/mol. The van der Waals surface area contributed by atoms with Crippen LogP contribution in [0.5, 0.6) is 0 Å². The SMILES string of the molecule is CCn1nc(C(N)=O)c2c1C1CCC1NC2. The van der Waals surface area contributed by atoms with Gasteiger partial charge in [-0.25, -0.2) is 0 Å². The van der Waals surface area contributed by atoms with E-state index in [2.05, 4.69) is 10.4 Å². The summed E-state index contributed by atoms with van der Waals surface area (Å²) in [5, 5.41) is 7.78. The molecule has 0 saturated heterocycles. The number of hydrogen-bond donors (Lipinski definition) is 2. The van der Waals surface area contributed by atoms with Crippen LogP contribution >= 0.6 is 0 Å². The lowest BCUT2D eigenvalue weighted by Gasteiger charge is -2.41. The molecule has 2 aliphatic rings. The standard InChI is InChI=1S/C11H16N4O/c1-2-15-10-6-3-4-8(6)13-5-7(10)9(14-15)11(12)16/h6,8,13H,2-5H2,1H3,(H2,12,16). The molecule has 2 heterocycles. The van der Waals surface area contributed by atoms with Crippen molar-refractivity contribution in [1.82, 2.24) is 15.1 Å². The number of rotatable bonds is 2. The summed E-state index contributed by atoms with van der Waals surface area (Å²) in [4.78, 5) is 11.3. The lowest BCUT2D eigenvalue weighted by molar-refractivity contribution is 0.0993. The van der Waals surface area contributed by atoms with Crippen LogP contribution < -0.4 is 11.1 Å². The highest BCUT2D eigenvalue weighted by Gasteiger charge is 2.40. The number of nitrogens with one attached hydrogen (secondary N) is 1. The second-order valence-corrected chi connectivity index (χ2v) is 4.56. The highest BCUT2D eigenvalue weighted by Crippen LogP contribution is 2.42. The molecule has 0 aromatic carbocycles. The van der Waals surface area contributed by atoms with E-state index in [1.165, 1.54) is 18.5 Å². The summed E-state index contributed by atoms with van der Waals surface area (Å²) in [5.41, 5.74) is 8.08. The van der Waals surface area contributed by atoms with Crippen molar-refractivity contribution in [2.75, 3.05) is 0 Å². The topological polar surface area (TPSA) is 72.9 Å². The normalized spacial score (nSPS) is 26.8. The highest BCUT2D eigenvalue weighted by molar-refractivity contribution is 5.92. The minimum Gasteiger partial charge on any atom is -0.364 e. The average molecular weight is 220 g/mol. The lowest BCUT2D eigenvalue weighted by atomic mass is 9.73. The van der Waals surface area contributed by atoms with Crippen LogP contribution in [0.1, 0.15) is 47.4 Å². The number of primary amides is 1. The predicted molar refractivity (Wildman–Crippen MR) is 59.0 cm³/mol. The largest absolute Gasteiger partial charge is 0.364 e. The molecule has 5 heteroatoms. The Hall–Kier alpha value is -1.36. The molecule has 3 rings (SSSR count). The van der Waals surface area contributed by atoms with Crippen molar-refractivity contribution < 1.29 is 4.79 Å². The summed E-state index contributed by atoms with van der Waals surface area (Å²) >= 11 is 0. The van der Waals surface area contributed by atoms with Crippen molar-refractivity contribution in [1.29, 1.82) is 0 Å². The van der Waals surface area contributed by atoms with Gasteiger partial charge in [-0.2, -0.15) is 5.10 Å². The Bertz CT molecular complexity index is 451. The zero-order valence-corrected chi connectivity index (χ0v) is 9.36. The van der Waals surface area contributed by atoms with Crippen LogP contribution in [0.25, 0.3) is 0 Å². The third-order valence-corrected chi connectivity index (χ3v) is 3.79. The Morgan fingerprint density at radius 1 is 1.62 bits per heavy atom. The monoisotopic (exact) mass is 220 g/mol. The molecule has 5 nitrogen and oxygen atoms in total. The summed E-state index contributed by atoms with van der Waals surface area (Å²) in [7, 11) is 0. The number of carbonyl (C=O) groups excluding carboxylic acids is 1. The summed E-state index contributed by atoms with van der Waals surface area (Å²) < 4.78 is 1.95. The van der Waals surface area contributed by atoms with Gasteiger partial charge in [-0.3, -0.25) is 9.48 Å². The van der Waals surface area contributed by atoms with E-state index in [0.717, 1.165) is 18.7 Å². The zero-order valence-electron chi connectivity index (χ0n) is 9.36. The van der Waals surface area contributed by atoms with E-state index in [1.807, 2.05) is 11.6 Å². The van der Waals surface area contributed by atoms with Gasteiger partial charge in [0.05, 0.1) is 0 Å². The number of aromatic nitrogens is 2. The quantitative estimate of drug-likeness (QED) is 0.755. The van der Waals surface area contributed by atoms with Crippen molar-refractivity contribution in [2.45, 2.75) is 44.8 Å². The van der Waals surface area contributed by atoms with E-state index in [0.29, 0.717) is 17.7 Å². The van der Waals surface area contributed by atoms with Crippen LogP contribution in [0.4, 0.5) is 0 Å². The van der Waals surface area contributed by atoms with Crippen LogP contribution in [-0.2, 0) is 13.1 Å². The molecule has 1 aliphatic heterocycles. The number of aryl methyl sites for hydroxylation is 1. The van der Waals surface area contributed by atoms with Gasteiger partial charge in [0.25, 0.3) is 5.91 Å². The first kappa shape index (κ1) is 9.84. The Morgan fingerprint density at radius 2 is 2.44 bits per heavy atom. The molecule has 86 valence electrons. The average Bonchev–Trinajstić information content (AvgIpc) is 2.56. The van der Waals surface area contributed by atoms with E-state index >= 15 is 0 Å². The van der Waals surface area contributed by atoms with Crippen molar-refractivity contribution >= 4 is 5.91 Å². The molecule has 0 radical (unpaired) electrons. The van der Waals surface area contributed by atoms with Crippen LogP contribution in [0.15, 0.2) is 0 Å². The first-order valence-electron chi connectivity index (χ1n) is 5.85. The van der Waals surface area contributed by atoms with Gasteiger partial charge < -0.3 is 11.1 Å². The molecule has 16 heavy (non-hydrogen) atoms. The Balaban J connectivity index is 2.13. The van der Waals surface area contributed by atoms with Crippen molar-refractivity contribution in [3.05, 3.63) is 17.0 Å². The molecule has 1 aromatic heterocycles. The van der Waals surface area contributed by atoms with Crippen molar-refractivity contribution in [2.24, 2.45) is 5.73 Å². The van der Waals surface area contributed by atoms with Gasteiger partial charge in [-0.15, -0.1) is 0 Å². The molecule has 2 unspecified atom stereocenters. The molecule has 1 aromatic rings. The second kappa shape index (κ2) is 3.31. The maximum atomic E-state index is 11.3. The van der Waals surface area contributed by atoms with E-state index < -0.39 is 5.91 Å². The fraction of sp³-hybridized carbons (Fsp3) is 0.636. The van der Waals surface area contributed by atoms with E-state index in [-0.39, 0.29) is 0 Å². The summed E-state index contributed by atoms with van der Waals surface area (Å²) in [6.45, 7) is 3.58. The van der Waals surface area contributed by atoms with Crippen molar-refractivity contribution in [3.63, 3.8) is 0 Å². The molecule has 0 spiro atoms. The smallest absolute Gasteiger partial charge is 0.269 e. The molecule has 3 N–H and O–H groups in total. The van der Waals surface area contributed by atoms with Crippen LogP contribution in [0, 0.1) is 0 Å². The molecule has 0 bridgehead atoms. The van der Waals surface area contributed by atoms with E-state index in [9.17, 15) is 4.79 Å². The molecule has 1 saturated carbocycles. The van der Waals surface area contributed by atoms with Gasteiger partial charge in [-0.1, -0.05) is 0 Å². The number of fused-ring (bicyclic) bond motifs is 3. The summed E-state index contributed by atoms with van der Waals surface area (Å²) in [6.07, 6.45) is 2.42. The van der Waals surface area contributed by atoms with Gasteiger partial charge in [0.1, 0.15) is 0 Å². The minimum absolute atomic E-state index is 0.414. The fourth-order valence-electron chi connectivity index (χ4n) is 2.85. The molecule has 1 amide bonds. The van der Waals surface area contributed by atoms with Crippen LogP contribution in [-0.4, -0.2) is 21.7 Å². The number of nitrogens with two attached hydrogens (primary N) is 1. The van der Waals surface area contributed by atoms with Crippen molar-refractivity contribution in [3.8, 4) is 0 Å². The minimum atomic E-state index is -0.414. The number of amides is 1. The Morgan fingerprint density at radius 3 is 3.00 bits per heavy atom. The van der Waals surface area contributed by atoms with Crippen LogP contribution in [0.2, 0.25) is 0 Å². The van der Waals surface area contributed by atoms with Gasteiger partial charge in [0.2, 0.25) is 0 Å². The van der Waals surface area contributed by atoms with Crippen LogP contribution in [0.3, 0.4) is 0 Å². The highest BCUT2D eigenvalue weighted by atomic mass is 16.1. The van der Waals surface area contributed by atoms with Gasteiger partial charge >= 0.3 is 0 Å². The van der Waals surface area contributed by atoms with Gasteiger partial charge in [0, 0.05) is 36.3 Å². The van der Waals surface area contributed by atoms with Gasteiger partial charge in [0.15, 0.2) is 5.69 Å². The first-order valence-corrected chi connectivity index (χ1v) is 5.85. The second-order valence-electron chi connectivity index (χ2n) is 4.56. The fourth-order valence-corrected chi connectivity index (χ4v) is 2.85. The number of nitrogens with zero attached hydrogens (tertiary/aromatic N) is 2. The molecule has 1 aliphatic carbocycles. The van der Waals surface area contributed by atoms with E-state index in [1.54, 1.807) is 0 Å². The summed E-state index contributed by atoms with van der Waals surface area (Å²) in [6, 6.07) is 0.579. The predicted octanol–water partition coefficient (Wildman–Crippen LogP) is 0.351. The Kier molecular flexibility index (Phi) is 2.04. The number of carbonyl (C=O) groups is 1. The third kappa shape index (κ3) is 1.15. The lowest BCUT2D eigenvalue weighted by Crippen LogP contribution is -2.46. The zero-order chi connectivity index (χ0) is 11.3. The maximum absolute atomic E-state index is 11.3. The maximum Gasteiger partial charge on any atom is 0.269 e. The Labute approximate surface area is 94.0 Å². The molecule has 2 atom stereocenters. The first-order chi connectivity index (χ1) is 7.72. The molecular formula is C11H16N4O. The number of hydrogen-bond acceptors (Lipinski definition) is 3. The third-order valence-electron chi connectivity index (χ3n) is 3.79. The van der Waals surface area contributed by atoms with E-state index in [4.69, 9.17) is 5.73 Å².